The Balaban J connectivity index is 2.22. The first-order valence-corrected chi connectivity index (χ1v) is 6.93. The molecule has 0 radical (unpaired) electrons. The topological polar surface area (TPSA) is 26.0 Å². The van der Waals surface area contributed by atoms with Crippen molar-refractivity contribution in [2.75, 3.05) is 5.73 Å². The largest absolute Gasteiger partial charge is 0.398 e. The summed E-state index contributed by atoms with van der Waals surface area (Å²) >= 11 is 13.4. The van der Waals surface area contributed by atoms with E-state index in [0.29, 0.717) is 27.0 Å². The van der Waals surface area contributed by atoms with Crippen molar-refractivity contribution in [3.8, 4) is 0 Å². The number of rotatable bonds is 3. The Kier molecular flexibility index (Phi) is 4.38. The highest BCUT2D eigenvalue weighted by Crippen LogP contribution is 2.36. The average molecular weight is 302 g/mol. The molecule has 0 atom stereocenters. The number of hydrogen-bond donors (Lipinski definition) is 1. The van der Waals surface area contributed by atoms with Gasteiger partial charge in [-0.25, -0.2) is 4.39 Å². The molecule has 94 valence electrons. The Labute approximate surface area is 119 Å². The highest BCUT2D eigenvalue weighted by atomic mass is 35.5. The van der Waals surface area contributed by atoms with Crippen molar-refractivity contribution < 1.29 is 4.39 Å². The van der Waals surface area contributed by atoms with Crippen LogP contribution in [0.1, 0.15) is 5.56 Å². The van der Waals surface area contributed by atoms with Crippen LogP contribution >= 0.6 is 35.0 Å². The SMILES string of the molecule is Nc1cccc(Cl)c1SCc1c(F)cccc1Cl. The van der Waals surface area contributed by atoms with Gasteiger partial charge in [0.1, 0.15) is 5.82 Å². The molecule has 0 aliphatic carbocycles. The third-order valence-electron chi connectivity index (χ3n) is 2.42. The van der Waals surface area contributed by atoms with E-state index in [4.69, 9.17) is 28.9 Å². The van der Waals surface area contributed by atoms with Crippen molar-refractivity contribution in [1.29, 1.82) is 0 Å². The lowest BCUT2D eigenvalue weighted by Gasteiger charge is -2.09. The molecule has 0 fully saturated rings. The summed E-state index contributed by atoms with van der Waals surface area (Å²) in [5.74, 6) is 0.0695. The summed E-state index contributed by atoms with van der Waals surface area (Å²) in [7, 11) is 0. The number of benzene rings is 2. The van der Waals surface area contributed by atoms with Gasteiger partial charge >= 0.3 is 0 Å². The molecule has 0 saturated carbocycles. The number of nitrogen functional groups attached to an aromatic ring is 1. The van der Waals surface area contributed by atoms with Gasteiger partial charge in [-0.3, -0.25) is 0 Å². The molecule has 0 saturated heterocycles. The van der Waals surface area contributed by atoms with Crippen LogP contribution in [0, 0.1) is 5.82 Å². The number of thioether (sulfide) groups is 1. The van der Waals surface area contributed by atoms with Crippen LogP contribution in [0.15, 0.2) is 41.3 Å². The van der Waals surface area contributed by atoms with E-state index in [1.165, 1.54) is 17.8 Å². The molecule has 5 heteroatoms. The molecule has 0 aromatic heterocycles. The zero-order chi connectivity index (χ0) is 13.1. The van der Waals surface area contributed by atoms with Gasteiger partial charge in [0.15, 0.2) is 0 Å². The van der Waals surface area contributed by atoms with E-state index in [1.807, 2.05) is 0 Å². The second kappa shape index (κ2) is 5.83. The van der Waals surface area contributed by atoms with E-state index in [2.05, 4.69) is 0 Å². The molecule has 0 aliphatic rings. The van der Waals surface area contributed by atoms with E-state index >= 15 is 0 Å². The summed E-state index contributed by atoms with van der Waals surface area (Å²) in [5.41, 5.74) is 6.87. The summed E-state index contributed by atoms with van der Waals surface area (Å²) in [5, 5.41) is 0.973. The molecule has 0 unspecified atom stereocenters. The molecule has 2 aromatic carbocycles. The number of hydrogen-bond acceptors (Lipinski definition) is 2. The minimum absolute atomic E-state index is 0.319. The fourth-order valence-corrected chi connectivity index (χ4v) is 3.17. The Bertz CT molecular complexity index is 483. The van der Waals surface area contributed by atoms with Gasteiger partial charge in [0.05, 0.1) is 5.02 Å². The van der Waals surface area contributed by atoms with Gasteiger partial charge in [-0.2, -0.15) is 0 Å². The second-order valence-corrected chi connectivity index (χ2v) is 5.45. The standard InChI is InChI=1S/C13H10Cl2FNS/c14-9-3-1-5-11(16)8(9)7-18-13-10(15)4-2-6-12(13)17/h1-6H,7,17H2. The number of anilines is 1. The molecule has 0 aliphatic heterocycles. The van der Waals surface area contributed by atoms with Crippen LogP contribution in [-0.2, 0) is 5.75 Å². The zero-order valence-electron chi connectivity index (χ0n) is 9.29. The van der Waals surface area contributed by atoms with Crippen LogP contribution in [0.3, 0.4) is 0 Å². The second-order valence-electron chi connectivity index (χ2n) is 3.65. The zero-order valence-corrected chi connectivity index (χ0v) is 11.6. The van der Waals surface area contributed by atoms with Crippen molar-refractivity contribution >= 4 is 40.7 Å². The monoisotopic (exact) mass is 301 g/mol. The quantitative estimate of drug-likeness (QED) is 0.637. The van der Waals surface area contributed by atoms with Gasteiger partial charge in [0.2, 0.25) is 0 Å². The maximum Gasteiger partial charge on any atom is 0.128 e. The Morgan fingerprint density at radius 1 is 1.06 bits per heavy atom. The van der Waals surface area contributed by atoms with E-state index in [9.17, 15) is 4.39 Å². The predicted octanol–water partition coefficient (Wildman–Crippen LogP) is 5.01. The molecule has 18 heavy (non-hydrogen) atoms. The Morgan fingerprint density at radius 2 is 1.72 bits per heavy atom. The Morgan fingerprint density at radius 3 is 2.39 bits per heavy atom. The molecule has 0 spiro atoms. The maximum atomic E-state index is 13.6. The minimum Gasteiger partial charge on any atom is -0.398 e. The van der Waals surface area contributed by atoms with Crippen LogP contribution in [0.5, 0.6) is 0 Å². The van der Waals surface area contributed by atoms with Crippen LogP contribution in [-0.4, -0.2) is 0 Å². The lowest BCUT2D eigenvalue weighted by atomic mass is 10.2. The highest BCUT2D eigenvalue weighted by molar-refractivity contribution is 7.98. The average Bonchev–Trinajstić information content (AvgIpc) is 2.31. The van der Waals surface area contributed by atoms with E-state index in [0.717, 1.165) is 4.90 Å². The lowest BCUT2D eigenvalue weighted by Crippen LogP contribution is -1.92. The first-order valence-electron chi connectivity index (χ1n) is 5.19. The van der Waals surface area contributed by atoms with Crippen molar-refractivity contribution in [3.63, 3.8) is 0 Å². The van der Waals surface area contributed by atoms with Crippen LogP contribution in [0.25, 0.3) is 0 Å². The first kappa shape index (κ1) is 13.5. The summed E-state index contributed by atoms with van der Waals surface area (Å²) in [6.45, 7) is 0. The lowest BCUT2D eigenvalue weighted by molar-refractivity contribution is 0.617. The maximum absolute atomic E-state index is 13.6. The van der Waals surface area contributed by atoms with Crippen molar-refractivity contribution in [3.05, 3.63) is 57.8 Å². The summed E-state index contributed by atoms with van der Waals surface area (Å²) < 4.78 is 13.6. The van der Waals surface area contributed by atoms with Gasteiger partial charge < -0.3 is 5.73 Å². The summed E-state index contributed by atoms with van der Waals surface area (Å²) in [6, 6.07) is 9.92. The van der Waals surface area contributed by atoms with Gasteiger partial charge in [-0.15, -0.1) is 11.8 Å². The molecule has 2 N–H and O–H groups in total. The normalized spacial score (nSPS) is 10.6. The third-order valence-corrected chi connectivity index (χ3v) is 4.38. The first-order chi connectivity index (χ1) is 8.59. The van der Waals surface area contributed by atoms with Crippen molar-refractivity contribution in [2.24, 2.45) is 0 Å². The van der Waals surface area contributed by atoms with Gasteiger partial charge in [0, 0.05) is 26.9 Å². The van der Waals surface area contributed by atoms with Crippen molar-refractivity contribution in [1.82, 2.24) is 0 Å². The van der Waals surface area contributed by atoms with Gasteiger partial charge in [-0.1, -0.05) is 35.3 Å². The fourth-order valence-electron chi connectivity index (χ4n) is 1.49. The molecule has 2 aromatic rings. The van der Waals surface area contributed by atoms with Gasteiger partial charge in [0.25, 0.3) is 0 Å². The molecular formula is C13H10Cl2FNS. The number of nitrogens with two attached hydrogens (primary N) is 1. The molecule has 2 rings (SSSR count). The van der Waals surface area contributed by atoms with Crippen molar-refractivity contribution in [2.45, 2.75) is 10.6 Å². The molecule has 0 heterocycles. The van der Waals surface area contributed by atoms with Gasteiger partial charge in [-0.05, 0) is 24.3 Å². The van der Waals surface area contributed by atoms with Crippen LogP contribution in [0.4, 0.5) is 10.1 Å². The third kappa shape index (κ3) is 2.91. The summed E-state index contributed by atoms with van der Waals surface area (Å²) in [6.07, 6.45) is 0. The fraction of sp³-hybridized carbons (Fsp3) is 0.0769. The van der Waals surface area contributed by atoms with E-state index < -0.39 is 0 Å². The molecule has 1 nitrogen and oxygen atoms in total. The summed E-state index contributed by atoms with van der Waals surface area (Å²) in [4.78, 5) is 0.749. The minimum atomic E-state index is -0.319. The predicted molar refractivity (Wildman–Crippen MR) is 76.8 cm³/mol. The van der Waals surface area contributed by atoms with Crippen LogP contribution < -0.4 is 5.73 Å². The van der Waals surface area contributed by atoms with Crippen LogP contribution in [0.2, 0.25) is 10.0 Å². The molecular weight excluding hydrogens is 292 g/mol. The smallest absolute Gasteiger partial charge is 0.128 e. The Hall–Kier alpha value is -0.900. The molecule has 0 amide bonds. The number of halogens is 3. The van der Waals surface area contributed by atoms with E-state index in [1.54, 1.807) is 30.3 Å². The highest BCUT2D eigenvalue weighted by Gasteiger charge is 2.10. The molecule has 0 bridgehead atoms. The van der Waals surface area contributed by atoms with E-state index in [-0.39, 0.29) is 5.82 Å².